The standard InChI is InChI=1S/C7H5Cl2F2N/c8-2-4-1-5(7(10)11)6(9)12-3-4/h1,3,7H,2H2. The lowest BCUT2D eigenvalue weighted by Gasteiger charge is -2.02. The summed E-state index contributed by atoms with van der Waals surface area (Å²) in [6.45, 7) is 0. The quantitative estimate of drug-likeness (QED) is 0.540. The van der Waals surface area contributed by atoms with E-state index in [2.05, 4.69) is 4.98 Å². The highest BCUT2D eigenvalue weighted by atomic mass is 35.5. The molecular formula is C7H5Cl2F2N. The molecule has 0 aliphatic carbocycles. The van der Waals surface area contributed by atoms with Crippen LogP contribution in [0.25, 0.3) is 0 Å². The predicted octanol–water partition coefficient (Wildman–Crippen LogP) is 3.41. The Balaban J connectivity index is 3.08. The fourth-order valence-electron chi connectivity index (χ4n) is 0.737. The normalized spacial score (nSPS) is 10.8. The molecule has 0 amide bonds. The smallest absolute Gasteiger partial charge is 0.244 e. The number of halogens is 4. The van der Waals surface area contributed by atoms with E-state index >= 15 is 0 Å². The first-order valence-corrected chi connectivity index (χ1v) is 4.05. The van der Waals surface area contributed by atoms with Crippen LogP contribution in [-0.4, -0.2) is 4.98 Å². The maximum absolute atomic E-state index is 12.2. The van der Waals surface area contributed by atoms with Crippen LogP contribution < -0.4 is 0 Å². The van der Waals surface area contributed by atoms with Crippen molar-refractivity contribution >= 4 is 23.2 Å². The van der Waals surface area contributed by atoms with Crippen molar-refractivity contribution in [1.82, 2.24) is 4.98 Å². The first kappa shape index (κ1) is 9.68. The maximum atomic E-state index is 12.2. The predicted molar refractivity (Wildman–Crippen MR) is 43.8 cm³/mol. The molecule has 0 saturated carbocycles. The molecule has 1 heterocycles. The highest BCUT2D eigenvalue weighted by Gasteiger charge is 2.12. The highest BCUT2D eigenvalue weighted by Crippen LogP contribution is 2.26. The number of hydrogen-bond acceptors (Lipinski definition) is 1. The first-order chi connectivity index (χ1) is 5.65. The second kappa shape index (κ2) is 4.01. The SMILES string of the molecule is FC(F)c1cc(CCl)cnc1Cl. The van der Waals surface area contributed by atoms with Gasteiger partial charge in [-0.15, -0.1) is 11.6 Å². The van der Waals surface area contributed by atoms with Crippen LogP contribution >= 0.6 is 23.2 Å². The molecule has 0 aliphatic rings. The van der Waals surface area contributed by atoms with Gasteiger partial charge >= 0.3 is 0 Å². The van der Waals surface area contributed by atoms with Gasteiger partial charge in [-0.1, -0.05) is 11.6 Å². The lowest BCUT2D eigenvalue weighted by molar-refractivity contribution is 0.151. The molecule has 5 heteroatoms. The molecule has 1 nitrogen and oxygen atoms in total. The van der Waals surface area contributed by atoms with E-state index in [1.165, 1.54) is 12.3 Å². The minimum atomic E-state index is -2.60. The van der Waals surface area contributed by atoms with Crippen molar-refractivity contribution in [3.8, 4) is 0 Å². The fraction of sp³-hybridized carbons (Fsp3) is 0.286. The van der Waals surface area contributed by atoms with Crippen LogP contribution in [0.2, 0.25) is 5.15 Å². The molecule has 1 aromatic heterocycles. The van der Waals surface area contributed by atoms with Gasteiger partial charge in [0.1, 0.15) is 5.15 Å². The van der Waals surface area contributed by atoms with Gasteiger partial charge in [0.15, 0.2) is 0 Å². The van der Waals surface area contributed by atoms with E-state index in [-0.39, 0.29) is 16.6 Å². The fourth-order valence-corrected chi connectivity index (χ4v) is 1.07. The summed E-state index contributed by atoms with van der Waals surface area (Å²) in [6, 6.07) is 1.26. The monoisotopic (exact) mass is 211 g/mol. The summed E-state index contributed by atoms with van der Waals surface area (Å²) in [5.74, 6) is 0.157. The maximum Gasteiger partial charge on any atom is 0.266 e. The lowest BCUT2D eigenvalue weighted by atomic mass is 10.2. The van der Waals surface area contributed by atoms with E-state index in [0.717, 1.165) is 0 Å². The van der Waals surface area contributed by atoms with Gasteiger partial charge in [-0.3, -0.25) is 0 Å². The van der Waals surface area contributed by atoms with Crippen molar-refractivity contribution in [2.24, 2.45) is 0 Å². The molecule has 0 aliphatic heterocycles. The molecule has 0 saturated heterocycles. The Bertz CT molecular complexity index is 278. The van der Waals surface area contributed by atoms with Crippen molar-refractivity contribution in [3.05, 3.63) is 28.5 Å². The van der Waals surface area contributed by atoms with E-state index in [1.54, 1.807) is 0 Å². The lowest BCUT2D eigenvalue weighted by Crippen LogP contribution is -1.91. The van der Waals surface area contributed by atoms with Crippen LogP contribution in [0.15, 0.2) is 12.3 Å². The molecule has 1 aromatic rings. The number of rotatable bonds is 2. The average Bonchev–Trinajstić information content (AvgIpc) is 2.05. The third-order valence-corrected chi connectivity index (χ3v) is 1.94. The second-order valence-corrected chi connectivity index (χ2v) is 2.78. The number of pyridine rings is 1. The van der Waals surface area contributed by atoms with Crippen LogP contribution in [-0.2, 0) is 5.88 Å². The minimum absolute atomic E-state index is 0.157. The molecule has 0 fully saturated rings. The first-order valence-electron chi connectivity index (χ1n) is 3.13. The van der Waals surface area contributed by atoms with Gasteiger partial charge in [0.25, 0.3) is 6.43 Å². The van der Waals surface area contributed by atoms with Crippen molar-refractivity contribution < 1.29 is 8.78 Å². The van der Waals surface area contributed by atoms with E-state index in [1.807, 2.05) is 0 Å². The molecule has 12 heavy (non-hydrogen) atoms. The number of hydrogen-bond donors (Lipinski definition) is 0. The van der Waals surface area contributed by atoms with Gasteiger partial charge < -0.3 is 0 Å². The van der Waals surface area contributed by atoms with E-state index in [4.69, 9.17) is 23.2 Å². The van der Waals surface area contributed by atoms with E-state index in [9.17, 15) is 8.78 Å². The number of alkyl halides is 3. The summed E-state index contributed by atoms with van der Waals surface area (Å²) in [6.07, 6.45) is -1.23. The minimum Gasteiger partial charge on any atom is -0.244 e. The number of nitrogens with zero attached hydrogens (tertiary/aromatic N) is 1. The summed E-state index contributed by atoms with van der Waals surface area (Å²) in [5.41, 5.74) is 0.270. The molecule has 66 valence electrons. The molecule has 0 radical (unpaired) electrons. The van der Waals surface area contributed by atoms with Crippen molar-refractivity contribution in [3.63, 3.8) is 0 Å². The van der Waals surface area contributed by atoms with E-state index in [0.29, 0.717) is 5.56 Å². The summed E-state index contributed by atoms with van der Waals surface area (Å²) in [5, 5.41) is -0.168. The van der Waals surface area contributed by atoms with Crippen molar-refractivity contribution in [2.75, 3.05) is 0 Å². The summed E-state index contributed by atoms with van der Waals surface area (Å²) in [4.78, 5) is 3.57. The van der Waals surface area contributed by atoms with Crippen LogP contribution in [0.1, 0.15) is 17.6 Å². The molecule has 0 unspecified atom stereocenters. The van der Waals surface area contributed by atoms with Crippen LogP contribution in [0.5, 0.6) is 0 Å². The van der Waals surface area contributed by atoms with Gasteiger partial charge in [0.2, 0.25) is 0 Å². The Hall–Kier alpha value is -0.410. The van der Waals surface area contributed by atoms with E-state index < -0.39 is 6.43 Å². The molecule has 0 aromatic carbocycles. The van der Waals surface area contributed by atoms with Gasteiger partial charge in [0.05, 0.1) is 5.56 Å². The average molecular weight is 212 g/mol. The topological polar surface area (TPSA) is 12.9 Å². The third kappa shape index (κ3) is 2.05. The second-order valence-electron chi connectivity index (χ2n) is 2.16. The summed E-state index contributed by atoms with van der Waals surface area (Å²) in [7, 11) is 0. The Kier molecular flexibility index (Phi) is 3.23. The Morgan fingerprint density at radius 3 is 2.67 bits per heavy atom. The van der Waals surface area contributed by atoms with Gasteiger partial charge in [-0.2, -0.15) is 0 Å². The molecule has 0 bridgehead atoms. The van der Waals surface area contributed by atoms with Crippen LogP contribution in [0, 0.1) is 0 Å². The van der Waals surface area contributed by atoms with Gasteiger partial charge in [-0.05, 0) is 11.6 Å². The zero-order valence-electron chi connectivity index (χ0n) is 5.90. The largest absolute Gasteiger partial charge is 0.266 e. The summed E-state index contributed by atoms with van der Waals surface area (Å²) < 4.78 is 24.4. The molecule has 1 rings (SSSR count). The Labute approximate surface area is 78.3 Å². The molecule has 0 spiro atoms. The third-order valence-electron chi connectivity index (χ3n) is 1.31. The zero-order valence-corrected chi connectivity index (χ0v) is 7.41. The Morgan fingerprint density at radius 2 is 2.17 bits per heavy atom. The zero-order chi connectivity index (χ0) is 9.14. The highest BCUT2D eigenvalue weighted by molar-refractivity contribution is 6.30. The van der Waals surface area contributed by atoms with Crippen LogP contribution in [0.3, 0.4) is 0 Å². The Morgan fingerprint density at radius 1 is 1.50 bits per heavy atom. The van der Waals surface area contributed by atoms with Gasteiger partial charge in [0, 0.05) is 12.1 Å². The van der Waals surface area contributed by atoms with Crippen molar-refractivity contribution in [2.45, 2.75) is 12.3 Å². The summed E-state index contributed by atoms with van der Waals surface area (Å²) >= 11 is 10.8. The molecule has 0 atom stereocenters. The molecule has 0 N–H and O–H groups in total. The van der Waals surface area contributed by atoms with Crippen molar-refractivity contribution in [1.29, 1.82) is 0 Å². The number of aromatic nitrogens is 1. The molecular weight excluding hydrogens is 207 g/mol. The van der Waals surface area contributed by atoms with Crippen LogP contribution in [0.4, 0.5) is 8.78 Å². The van der Waals surface area contributed by atoms with Gasteiger partial charge in [-0.25, -0.2) is 13.8 Å².